The van der Waals surface area contributed by atoms with Crippen molar-refractivity contribution in [1.29, 1.82) is 0 Å². The van der Waals surface area contributed by atoms with Gasteiger partial charge in [0.2, 0.25) is 0 Å². The van der Waals surface area contributed by atoms with Gasteiger partial charge in [0, 0.05) is 28.4 Å². The van der Waals surface area contributed by atoms with E-state index in [1.54, 1.807) is 0 Å². The van der Waals surface area contributed by atoms with Gasteiger partial charge in [0.25, 0.3) is 0 Å². The van der Waals surface area contributed by atoms with Gasteiger partial charge in [-0.05, 0) is 82.1 Å². The standard InChI is InChI=1S/C25H38BrNO3S/c1-9-30-18(4)25(27-31(28)23(5,6)7)21-12-20(26)11-10-19(21)15-24(25)13-16(2)22(29-8)17(3)14-24/h10-12,16-17,22,27H,4,9,13-15H2,1-3,5-8H3/t16-,17+,22?,24?,25-,31?/m1/s1. The van der Waals surface area contributed by atoms with E-state index in [4.69, 9.17) is 9.47 Å². The maximum Gasteiger partial charge on any atom is 0.151 e. The van der Waals surface area contributed by atoms with Gasteiger partial charge < -0.3 is 14.0 Å². The van der Waals surface area contributed by atoms with Gasteiger partial charge in [-0.25, -0.2) is 0 Å². The molecule has 1 saturated carbocycles. The van der Waals surface area contributed by atoms with Crippen LogP contribution >= 0.6 is 15.9 Å². The number of fused-ring (bicyclic) bond motifs is 1. The highest BCUT2D eigenvalue weighted by molar-refractivity contribution is 9.10. The van der Waals surface area contributed by atoms with Crippen molar-refractivity contribution in [2.24, 2.45) is 17.3 Å². The molecule has 2 aliphatic carbocycles. The summed E-state index contributed by atoms with van der Waals surface area (Å²) >= 11 is 2.37. The number of rotatable bonds is 6. The summed E-state index contributed by atoms with van der Waals surface area (Å²) in [5.74, 6) is 1.40. The van der Waals surface area contributed by atoms with Gasteiger partial charge in [-0.1, -0.05) is 42.4 Å². The van der Waals surface area contributed by atoms with E-state index < -0.39 is 21.6 Å². The van der Waals surface area contributed by atoms with Gasteiger partial charge in [-0.3, -0.25) is 0 Å². The molecule has 6 atom stereocenters. The molecule has 1 aromatic carbocycles. The molecule has 1 spiro atoms. The van der Waals surface area contributed by atoms with Crippen LogP contribution in [-0.2, 0) is 32.8 Å². The highest BCUT2D eigenvalue weighted by Gasteiger charge is 2.65. The van der Waals surface area contributed by atoms with E-state index >= 15 is 0 Å². The van der Waals surface area contributed by atoms with Crippen LogP contribution in [0.2, 0.25) is 0 Å². The summed E-state index contributed by atoms with van der Waals surface area (Å²) in [5.41, 5.74) is 1.48. The van der Waals surface area contributed by atoms with Crippen molar-refractivity contribution in [3.8, 4) is 0 Å². The molecule has 4 nitrogen and oxygen atoms in total. The molecule has 1 fully saturated rings. The number of hydrogen-bond acceptors (Lipinski definition) is 4. The van der Waals surface area contributed by atoms with Crippen molar-refractivity contribution >= 4 is 27.3 Å². The predicted octanol–water partition coefficient (Wildman–Crippen LogP) is 5.87. The second-order valence-corrected chi connectivity index (χ2v) is 13.3. The van der Waals surface area contributed by atoms with Crippen molar-refractivity contribution in [1.82, 2.24) is 4.72 Å². The first-order chi connectivity index (χ1) is 14.4. The Balaban J connectivity index is 2.25. The average molecular weight is 513 g/mol. The maximum absolute atomic E-state index is 13.6. The Morgan fingerprint density at radius 1 is 1.29 bits per heavy atom. The number of hydrogen-bond donors (Lipinski definition) is 1. The minimum Gasteiger partial charge on any atom is -0.598 e. The summed E-state index contributed by atoms with van der Waals surface area (Å²) in [6, 6.07) is 6.46. The summed E-state index contributed by atoms with van der Waals surface area (Å²) < 4.78 is 29.8. The highest BCUT2D eigenvalue weighted by atomic mass is 79.9. The lowest BCUT2D eigenvalue weighted by atomic mass is 9.56. The molecular formula is C25H38BrNO3S. The summed E-state index contributed by atoms with van der Waals surface area (Å²) in [5, 5.41) is 0. The van der Waals surface area contributed by atoms with Crippen LogP contribution in [0.5, 0.6) is 0 Å². The summed E-state index contributed by atoms with van der Waals surface area (Å²) in [6.07, 6.45) is 3.01. The number of halogens is 1. The lowest BCUT2D eigenvalue weighted by Gasteiger charge is -2.54. The molecule has 174 valence electrons. The molecule has 3 rings (SSSR count). The van der Waals surface area contributed by atoms with Crippen LogP contribution in [0.1, 0.15) is 65.5 Å². The van der Waals surface area contributed by atoms with Crippen molar-refractivity contribution in [2.75, 3.05) is 13.7 Å². The highest BCUT2D eigenvalue weighted by Crippen LogP contribution is 2.63. The van der Waals surface area contributed by atoms with Crippen molar-refractivity contribution in [3.05, 3.63) is 46.1 Å². The van der Waals surface area contributed by atoms with Crippen LogP contribution < -0.4 is 4.72 Å². The fourth-order valence-electron chi connectivity index (χ4n) is 6.10. The third-order valence-electron chi connectivity index (χ3n) is 7.16. The molecule has 0 amide bonds. The second kappa shape index (κ2) is 9.02. The summed E-state index contributed by atoms with van der Waals surface area (Å²) in [6.45, 7) is 17.5. The Morgan fingerprint density at radius 2 is 1.90 bits per heavy atom. The molecule has 0 bridgehead atoms. The first-order valence-electron chi connectivity index (χ1n) is 11.3. The number of nitrogens with one attached hydrogen (secondary N) is 1. The fraction of sp³-hybridized carbons (Fsp3) is 0.680. The van der Waals surface area contributed by atoms with Crippen molar-refractivity contribution in [3.63, 3.8) is 0 Å². The zero-order valence-corrected chi connectivity index (χ0v) is 22.4. The maximum atomic E-state index is 13.6. The molecule has 1 N–H and O–H groups in total. The molecule has 3 unspecified atom stereocenters. The van der Waals surface area contributed by atoms with Crippen LogP contribution in [0.3, 0.4) is 0 Å². The number of benzene rings is 1. The molecule has 1 aromatic rings. The molecule has 0 radical (unpaired) electrons. The Labute approximate surface area is 200 Å². The lowest BCUT2D eigenvalue weighted by molar-refractivity contribution is -0.0803. The third kappa shape index (κ3) is 4.23. The average Bonchev–Trinajstić information content (AvgIpc) is 2.90. The molecule has 0 aromatic heterocycles. The quantitative estimate of drug-likeness (QED) is 0.383. The van der Waals surface area contributed by atoms with Crippen LogP contribution in [0.4, 0.5) is 0 Å². The second-order valence-electron chi connectivity index (χ2n) is 10.4. The molecule has 0 aliphatic heterocycles. The zero-order valence-electron chi connectivity index (χ0n) is 20.0. The lowest BCUT2D eigenvalue weighted by Crippen LogP contribution is -2.62. The van der Waals surface area contributed by atoms with E-state index in [2.05, 4.69) is 59.3 Å². The molecule has 2 aliphatic rings. The van der Waals surface area contributed by atoms with Gasteiger partial charge in [0.1, 0.15) is 10.5 Å². The normalized spacial score (nSPS) is 33.9. The Morgan fingerprint density at radius 3 is 2.42 bits per heavy atom. The smallest absolute Gasteiger partial charge is 0.151 e. The van der Waals surface area contributed by atoms with Gasteiger partial charge >= 0.3 is 0 Å². The fourth-order valence-corrected chi connectivity index (χ4v) is 7.49. The van der Waals surface area contributed by atoms with E-state index in [1.807, 2.05) is 34.8 Å². The number of ether oxygens (including phenoxy) is 2. The van der Waals surface area contributed by atoms with Crippen molar-refractivity contribution < 1.29 is 14.0 Å². The number of methoxy groups -OCH3 is 1. The topological polar surface area (TPSA) is 53.5 Å². The molecule has 0 heterocycles. The van der Waals surface area contributed by atoms with Gasteiger partial charge in [0.05, 0.1) is 12.7 Å². The van der Waals surface area contributed by atoms with E-state index in [-0.39, 0.29) is 11.5 Å². The van der Waals surface area contributed by atoms with Crippen LogP contribution in [-0.4, -0.2) is 29.1 Å². The SMILES string of the molecule is C=C(OCC)[C@@]1(N[S+]([O-])C(C)(C)C)c2cc(Br)ccc2CC12C[C@@H](C)C(OC)[C@@H](C)C2. The monoisotopic (exact) mass is 511 g/mol. The van der Waals surface area contributed by atoms with Crippen LogP contribution in [0, 0.1) is 17.3 Å². The van der Waals surface area contributed by atoms with Gasteiger partial charge in [0.15, 0.2) is 5.54 Å². The van der Waals surface area contributed by atoms with E-state index in [0.717, 1.165) is 29.3 Å². The first-order valence-corrected chi connectivity index (χ1v) is 13.2. The van der Waals surface area contributed by atoms with E-state index in [9.17, 15) is 4.55 Å². The largest absolute Gasteiger partial charge is 0.598 e. The molecule has 31 heavy (non-hydrogen) atoms. The van der Waals surface area contributed by atoms with Crippen LogP contribution in [0.15, 0.2) is 35.0 Å². The third-order valence-corrected chi connectivity index (χ3v) is 9.26. The summed E-state index contributed by atoms with van der Waals surface area (Å²) in [7, 11) is 1.81. The summed E-state index contributed by atoms with van der Waals surface area (Å²) in [4.78, 5) is 0. The minimum absolute atomic E-state index is 0.197. The van der Waals surface area contributed by atoms with Gasteiger partial charge in [-0.2, -0.15) is 0 Å². The Kier molecular flexibility index (Phi) is 7.30. The van der Waals surface area contributed by atoms with E-state index in [1.165, 1.54) is 5.56 Å². The zero-order chi connectivity index (χ0) is 23.2. The Bertz CT molecular complexity index is 811. The minimum atomic E-state index is -1.30. The molecule has 6 heteroatoms. The first kappa shape index (κ1) is 25.1. The molecular weight excluding hydrogens is 474 g/mol. The van der Waals surface area contributed by atoms with Crippen molar-refractivity contribution in [2.45, 2.75) is 77.2 Å². The predicted molar refractivity (Wildman–Crippen MR) is 132 cm³/mol. The van der Waals surface area contributed by atoms with E-state index in [0.29, 0.717) is 24.2 Å². The van der Waals surface area contributed by atoms with Gasteiger partial charge in [-0.15, -0.1) is 4.72 Å². The molecule has 0 saturated heterocycles. The van der Waals surface area contributed by atoms with Crippen LogP contribution in [0.25, 0.3) is 0 Å². The Hall–Kier alpha value is -0.530.